The molecule has 0 bridgehead atoms. The maximum atomic E-state index is 12.2. The topological polar surface area (TPSA) is 97.8 Å². The third-order valence-corrected chi connectivity index (χ3v) is 4.61. The molecule has 0 aliphatic carbocycles. The number of carbonyl (C=O) groups is 3. The van der Waals surface area contributed by atoms with Gasteiger partial charge in [0.1, 0.15) is 12.4 Å². The molecule has 1 aromatic heterocycles. The Bertz CT molecular complexity index is 887. The van der Waals surface area contributed by atoms with E-state index >= 15 is 0 Å². The molecular weight excluding hydrogens is 406 g/mol. The lowest BCUT2D eigenvalue weighted by molar-refractivity contribution is -0.137. The summed E-state index contributed by atoms with van der Waals surface area (Å²) in [4.78, 5) is 41.7. The van der Waals surface area contributed by atoms with E-state index in [2.05, 4.69) is 10.3 Å². The molecule has 0 atom stereocenters. The Hall–Kier alpha value is -2.94. The van der Waals surface area contributed by atoms with E-state index in [4.69, 9.17) is 9.47 Å². The second kappa shape index (κ2) is 10.2. The van der Waals surface area contributed by atoms with Crippen LogP contribution in [0.5, 0.6) is 5.75 Å². The third-order valence-electron chi connectivity index (χ3n) is 3.79. The molecule has 0 saturated heterocycles. The lowest BCUT2D eigenvalue weighted by Gasteiger charge is -2.23. The van der Waals surface area contributed by atoms with Crippen LogP contribution < -0.4 is 10.1 Å². The maximum absolute atomic E-state index is 12.2. The highest BCUT2D eigenvalue weighted by atomic mass is 32.1. The lowest BCUT2D eigenvalue weighted by atomic mass is 10.1. The summed E-state index contributed by atoms with van der Waals surface area (Å²) < 4.78 is 10.7. The standard InChI is InChI=1S/C21H27N3O5S/c1-14-22-16(13-30-14)11-28-17-8-6-15(7-9-17)20(27)29-12-19(26)24(5)10-18(25)23-21(2,3)4/h6-9,13H,10-12H2,1-5H3,(H,23,25). The molecule has 8 nitrogen and oxygen atoms in total. The summed E-state index contributed by atoms with van der Waals surface area (Å²) in [7, 11) is 1.48. The molecule has 1 N–H and O–H groups in total. The molecule has 0 fully saturated rings. The number of nitrogens with zero attached hydrogens (tertiary/aromatic N) is 2. The van der Waals surface area contributed by atoms with E-state index in [1.54, 1.807) is 35.6 Å². The summed E-state index contributed by atoms with van der Waals surface area (Å²) in [6.07, 6.45) is 0. The minimum atomic E-state index is -0.627. The van der Waals surface area contributed by atoms with Crippen LogP contribution in [0.15, 0.2) is 29.6 Å². The highest BCUT2D eigenvalue weighted by Gasteiger charge is 2.19. The van der Waals surface area contributed by atoms with Gasteiger partial charge in [0, 0.05) is 18.0 Å². The van der Waals surface area contributed by atoms with Crippen LogP contribution in [-0.4, -0.2) is 53.4 Å². The Kier molecular flexibility index (Phi) is 7.93. The Morgan fingerprint density at radius 2 is 1.83 bits per heavy atom. The summed E-state index contributed by atoms with van der Waals surface area (Å²) in [5.74, 6) is -0.783. The van der Waals surface area contributed by atoms with E-state index in [0.717, 1.165) is 10.7 Å². The minimum absolute atomic E-state index is 0.113. The normalized spacial score (nSPS) is 11.0. The van der Waals surface area contributed by atoms with Crippen molar-refractivity contribution in [2.45, 2.75) is 39.8 Å². The van der Waals surface area contributed by atoms with Crippen molar-refractivity contribution in [1.29, 1.82) is 0 Å². The quantitative estimate of drug-likeness (QED) is 0.643. The van der Waals surface area contributed by atoms with E-state index < -0.39 is 18.5 Å². The number of hydrogen-bond donors (Lipinski definition) is 1. The van der Waals surface area contributed by atoms with Gasteiger partial charge in [-0.25, -0.2) is 9.78 Å². The number of benzene rings is 1. The average Bonchev–Trinajstić information content (AvgIpc) is 3.08. The number of esters is 1. The fourth-order valence-electron chi connectivity index (χ4n) is 2.40. The number of likely N-dealkylation sites (N-methyl/N-ethyl adjacent to an activating group) is 1. The average molecular weight is 434 g/mol. The van der Waals surface area contributed by atoms with Crippen LogP contribution in [-0.2, 0) is 20.9 Å². The summed E-state index contributed by atoms with van der Waals surface area (Å²) in [5, 5.41) is 5.67. The first-order valence-electron chi connectivity index (χ1n) is 9.39. The van der Waals surface area contributed by atoms with Crippen LogP contribution >= 0.6 is 11.3 Å². The number of rotatable bonds is 8. The number of hydrogen-bond acceptors (Lipinski definition) is 7. The molecule has 0 unspecified atom stereocenters. The van der Waals surface area contributed by atoms with Crippen molar-refractivity contribution in [2.75, 3.05) is 20.2 Å². The number of amides is 2. The zero-order valence-corrected chi connectivity index (χ0v) is 18.7. The van der Waals surface area contributed by atoms with Gasteiger partial charge >= 0.3 is 5.97 Å². The molecule has 9 heteroatoms. The maximum Gasteiger partial charge on any atom is 0.338 e. The molecule has 0 spiro atoms. The smallest absolute Gasteiger partial charge is 0.338 e. The van der Waals surface area contributed by atoms with Crippen LogP contribution in [0.3, 0.4) is 0 Å². The number of nitrogens with one attached hydrogen (secondary N) is 1. The molecule has 2 amide bonds. The van der Waals surface area contributed by atoms with E-state index in [1.807, 2.05) is 33.1 Å². The summed E-state index contributed by atoms with van der Waals surface area (Å²) >= 11 is 1.56. The zero-order chi connectivity index (χ0) is 22.3. The molecule has 2 rings (SSSR count). The largest absolute Gasteiger partial charge is 0.487 e. The van der Waals surface area contributed by atoms with Crippen molar-refractivity contribution < 1.29 is 23.9 Å². The van der Waals surface area contributed by atoms with Gasteiger partial charge in [0.25, 0.3) is 5.91 Å². The zero-order valence-electron chi connectivity index (χ0n) is 17.9. The van der Waals surface area contributed by atoms with E-state index in [9.17, 15) is 14.4 Å². The van der Waals surface area contributed by atoms with Crippen molar-refractivity contribution in [3.8, 4) is 5.75 Å². The van der Waals surface area contributed by atoms with Gasteiger partial charge < -0.3 is 19.7 Å². The van der Waals surface area contributed by atoms with E-state index in [1.165, 1.54) is 11.9 Å². The molecule has 0 aliphatic heterocycles. The lowest BCUT2D eigenvalue weighted by Crippen LogP contribution is -2.46. The molecule has 2 aromatic rings. The van der Waals surface area contributed by atoms with E-state index in [0.29, 0.717) is 17.9 Å². The van der Waals surface area contributed by atoms with Crippen LogP contribution in [0.1, 0.15) is 41.8 Å². The highest BCUT2D eigenvalue weighted by molar-refractivity contribution is 7.09. The first kappa shape index (κ1) is 23.3. The third kappa shape index (κ3) is 7.82. The fourth-order valence-corrected chi connectivity index (χ4v) is 3.00. The summed E-state index contributed by atoms with van der Waals surface area (Å²) in [6.45, 7) is 7.27. The van der Waals surface area contributed by atoms with Crippen LogP contribution in [0.4, 0.5) is 0 Å². The number of thiazole rings is 1. The van der Waals surface area contributed by atoms with Gasteiger partial charge in [-0.2, -0.15) is 0 Å². The molecule has 1 aromatic carbocycles. The van der Waals surface area contributed by atoms with Gasteiger partial charge in [0.05, 0.1) is 22.8 Å². The fraction of sp³-hybridized carbons (Fsp3) is 0.429. The van der Waals surface area contributed by atoms with Crippen molar-refractivity contribution >= 4 is 29.1 Å². The van der Waals surface area contributed by atoms with E-state index in [-0.39, 0.29) is 18.0 Å². The highest BCUT2D eigenvalue weighted by Crippen LogP contribution is 2.16. The van der Waals surface area contributed by atoms with Gasteiger partial charge in [0.15, 0.2) is 6.61 Å². The summed E-state index contributed by atoms with van der Waals surface area (Å²) in [6, 6.07) is 6.44. The van der Waals surface area contributed by atoms with Gasteiger partial charge in [-0.1, -0.05) is 0 Å². The molecular formula is C21H27N3O5S. The number of carbonyl (C=O) groups excluding carboxylic acids is 3. The van der Waals surface area contributed by atoms with Crippen LogP contribution in [0.2, 0.25) is 0 Å². The number of aromatic nitrogens is 1. The van der Waals surface area contributed by atoms with Gasteiger partial charge in [-0.15, -0.1) is 11.3 Å². The van der Waals surface area contributed by atoms with Gasteiger partial charge in [-0.3, -0.25) is 9.59 Å². The Labute approximate surface area is 180 Å². The Balaban J connectivity index is 1.78. The summed E-state index contributed by atoms with van der Waals surface area (Å²) in [5.41, 5.74) is 0.759. The second-order valence-corrected chi connectivity index (χ2v) is 8.86. The number of aryl methyl sites for hydroxylation is 1. The Morgan fingerprint density at radius 3 is 2.40 bits per heavy atom. The molecule has 162 valence electrons. The van der Waals surface area contributed by atoms with Crippen molar-refractivity contribution in [1.82, 2.24) is 15.2 Å². The number of ether oxygens (including phenoxy) is 2. The van der Waals surface area contributed by atoms with Crippen LogP contribution in [0.25, 0.3) is 0 Å². The molecule has 0 saturated carbocycles. The molecule has 30 heavy (non-hydrogen) atoms. The van der Waals surface area contributed by atoms with Gasteiger partial charge in [-0.05, 0) is 52.0 Å². The van der Waals surface area contributed by atoms with Gasteiger partial charge in [0.2, 0.25) is 5.91 Å². The minimum Gasteiger partial charge on any atom is -0.487 e. The first-order valence-corrected chi connectivity index (χ1v) is 10.3. The second-order valence-electron chi connectivity index (χ2n) is 7.80. The monoisotopic (exact) mass is 433 g/mol. The Morgan fingerprint density at radius 1 is 1.17 bits per heavy atom. The molecule has 0 aliphatic rings. The van der Waals surface area contributed by atoms with Crippen molar-refractivity contribution in [3.05, 3.63) is 45.9 Å². The SMILES string of the molecule is Cc1nc(COc2ccc(C(=O)OCC(=O)N(C)CC(=O)NC(C)(C)C)cc2)cs1. The predicted molar refractivity (Wildman–Crippen MR) is 113 cm³/mol. The van der Waals surface area contributed by atoms with Crippen LogP contribution in [0, 0.1) is 6.92 Å². The van der Waals surface area contributed by atoms with Crippen molar-refractivity contribution in [3.63, 3.8) is 0 Å². The molecule has 1 heterocycles. The predicted octanol–water partition coefficient (Wildman–Crippen LogP) is 2.56. The van der Waals surface area contributed by atoms with Crippen molar-refractivity contribution in [2.24, 2.45) is 0 Å². The molecule has 0 radical (unpaired) electrons. The first-order chi connectivity index (χ1) is 14.0.